The molecular weight excluding hydrogens is 244 g/mol. The highest BCUT2D eigenvalue weighted by Crippen LogP contribution is 2.33. The third-order valence-corrected chi connectivity index (χ3v) is 3.21. The van der Waals surface area contributed by atoms with E-state index in [1.54, 1.807) is 20.0 Å². The van der Waals surface area contributed by atoms with Crippen molar-refractivity contribution in [2.45, 2.75) is 25.4 Å². The molecule has 1 aliphatic heterocycles. The van der Waals surface area contributed by atoms with Gasteiger partial charge in [0.15, 0.2) is 0 Å². The predicted molar refractivity (Wildman–Crippen MR) is 71.7 cm³/mol. The molecule has 102 valence electrons. The third-order valence-electron chi connectivity index (χ3n) is 3.21. The van der Waals surface area contributed by atoms with Crippen molar-refractivity contribution >= 4 is 17.5 Å². The predicted octanol–water partition coefficient (Wildman–Crippen LogP) is 0.952. The van der Waals surface area contributed by atoms with Crippen LogP contribution in [0, 0.1) is 0 Å². The van der Waals surface area contributed by atoms with E-state index in [0.29, 0.717) is 5.69 Å². The van der Waals surface area contributed by atoms with Crippen LogP contribution in [0.2, 0.25) is 0 Å². The van der Waals surface area contributed by atoms with E-state index in [-0.39, 0.29) is 24.8 Å². The minimum atomic E-state index is -0.582. The molecule has 2 N–H and O–H groups in total. The van der Waals surface area contributed by atoms with Crippen molar-refractivity contribution in [2.75, 3.05) is 18.9 Å². The first-order chi connectivity index (χ1) is 8.99. The summed E-state index contributed by atoms with van der Waals surface area (Å²) in [5.41, 5.74) is 1.53. The molecule has 0 saturated carbocycles. The summed E-state index contributed by atoms with van der Waals surface area (Å²) in [6.07, 6.45) is -0.429. The van der Waals surface area contributed by atoms with Crippen molar-refractivity contribution in [1.82, 2.24) is 4.90 Å². The van der Waals surface area contributed by atoms with Gasteiger partial charge in [-0.05, 0) is 18.6 Å². The number of aliphatic hydroxyl groups is 1. The standard InChI is InChI=1S/C14H18N2O3/c1-9(17)8-16(2)14(19)11-7-13(18)15-12-6-4-3-5-10(11)12/h3-6,9,11,17H,7-8H2,1-2H3,(H,15,18). The summed E-state index contributed by atoms with van der Waals surface area (Å²) in [7, 11) is 1.64. The Morgan fingerprint density at radius 3 is 2.89 bits per heavy atom. The van der Waals surface area contributed by atoms with E-state index >= 15 is 0 Å². The number of carbonyl (C=O) groups is 2. The van der Waals surface area contributed by atoms with Gasteiger partial charge in [-0.3, -0.25) is 9.59 Å². The Hall–Kier alpha value is -1.88. The lowest BCUT2D eigenvalue weighted by molar-refractivity contribution is -0.134. The molecule has 5 nitrogen and oxygen atoms in total. The highest BCUT2D eigenvalue weighted by atomic mass is 16.3. The zero-order valence-electron chi connectivity index (χ0n) is 11.1. The smallest absolute Gasteiger partial charge is 0.230 e. The topological polar surface area (TPSA) is 69.6 Å². The second-order valence-electron chi connectivity index (χ2n) is 4.96. The Bertz CT molecular complexity index is 499. The molecule has 1 aliphatic rings. The Morgan fingerprint density at radius 1 is 1.53 bits per heavy atom. The molecule has 0 aliphatic carbocycles. The first kappa shape index (κ1) is 13.5. The molecule has 0 spiro atoms. The number of amides is 2. The molecule has 1 aromatic rings. The number of carbonyl (C=O) groups excluding carboxylic acids is 2. The van der Waals surface area contributed by atoms with Gasteiger partial charge in [0.2, 0.25) is 11.8 Å². The monoisotopic (exact) mass is 262 g/mol. The molecule has 5 heteroatoms. The van der Waals surface area contributed by atoms with Gasteiger partial charge in [0.25, 0.3) is 0 Å². The van der Waals surface area contributed by atoms with E-state index in [9.17, 15) is 14.7 Å². The molecule has 2 atom stereocenters. The van der Waals surface area contributed by atoms with E-state index < -0.39 is 12.0 Å². The van der Waals surface area contributed by atoms with Crippen molar-refractivity contribution in [2.24, 2.45) is 0 Å². The van der Waals surface area contributed by atoms with Crippen LogP contribution in [0.4, 0.5) is 5.69 Å². The largest absolute Gasteiger partial charge is 0.392 e. The minimum Gasteiger partial charge on any atom is -0.392 e. The van der Waals surface area contributed by atoms with Crippen LogP contribution < -0.4 is 5.32 Å². The molecule has 2 rings (SSSR count). The Balaban J connectivity index is 2.25. The van der Waals surface area contributed by atoms with Gasteiger partial charge in [-0.1, -0.05) is 18.2 Å². The van der Waals surface area contributed by atoms with E-state index in [1.807, 2.05) is 18.2 Å². The van der Waals surface area contributed by atoms with Gasteiger partial charge in [-0.25, -0.2) is 0 Å². The molecule has 0 aromatic heterocycles. The van der Waals surface area contributed by atoms with Gasteiger partial charge in [0.1, 0.15) is 0 Å². The summed E-state index contributed by atoms with van der Waals surface area (Å²) in [5, 5.41) is 12.1. The zero-order chi connectivity index (χ0) is 14.0. The number of nitrogens with one attached hydrogen (secondary N) is 1. The van der Waals surface area contributed by atoms with Gasteiger partial charge in [0.05, 0.1) is 12.0 Å². The number of hydrogen-bond acceptors (Lipinski definition) is 3. The first-order valence-corrected chi connectivity index (χ1v) is 6.31. The highest BCUT2D eigenvalue weighted by molar-refractivity contribution is 6.01. The van der Waals surface area contributed by atoms with E-state index in [4.69, 9.17) is 0 Å². The number of likely N-dealkylation sites (N-methyl/N-ethyl adjacent to an activating group) is 1. The summed E-state index contributed by atoms with van der Waals surface area (Å²) in [4.78, 5) is 25.5. The summed E-state index contributed by atoms with van der Waals surface area (Å²) < 4.78 is 0. The molecule has 1 aromatic carbocycles. The number of nitrogens with zero attached hydrogens (tertiary/aromatic N) is 1. The zero-order valence-corrected chi connectivity index (χ0v) is 11.1. The number of para-hydroxylation sites is 1. The van der Waals surface area contributed by atoms with Crippen LogP contribution in [0.3, 0.4) is 0 Å². The number of rotatable bonds is 3. The van der Waals surface area contributed by atoms with Crippen molar-refractivity contribution in [3.05, 3.63) is 29.8 Å². The van der Waals surface area contributed by atoms with E-state index in [2.05, 4.69) is 5.32 Å². The number of fused-ring (bicyclic) bond motifs is 1. The van der Waals surface area contributed by atoms with E-state index in [0.717, 1.165) is 5.56 Å². The van der Waals surface area contributed by atoms with Gasteiger partial charge in [-0.2, -0.15) is 0 Å². The van der Waals surface area contributed by atoms with Gasteiger partial charge in [-0.15, -0.1) is 0 Å². The van der Waals surface area contributed by atoms with Crippen LogP contribution in [0.15, 0.2) is 24.3 Å². The van der Waals surface area contributed by atoms with Crippen LogP contribution in [-0.2, 0) is 9.59 Å². The molecule has 2 amide bonds. The Morgan fingerprint density at radius 2 is 2.21 bits per heavy atom. The molecule has 19 heavy (non-hydrogen) atoms. The second-order valence-corrected chi connectivity index (χ2v) is 4.96. The highest BCUT2D eigenvalue weighted by Gasteiger charge is 2.32. The molecule has 0 fully saturated rings. The maximum atomic E-state index is 12.4. The van der Waals surface area contributed by atoms with Gasteiger partial charge < -0.3 is 15.3 Å². The van der Waals surface area contributed by atoms with Crippen LogP contribution in [0.5, 0.6) is 0 Å². The van der Waals surface area contributed by atoms with Gasteiger partial charge in [0, 0.05) is 25.7 Å². The number of hydrogen-bond donors (Lipinski definition) is 2. The van der Waals surface area contributed by atoms with Crippen LogP contribution in [0.1, 0.15) is 24.8 Å². The molecule has 0 radical (unpaired) electrons. The first-order valence-electron chi connectivity index (χ1n) is 6.31. The van der Waals surface area contributed by atoms with Crippen molar-refractivity contribution < 1.29 is 14.7 Å². The SMILES string of the molecule is CC(O)CN(C)C(=O)C1CC(=O)Nc2ccccc21. The average molecular weight is 262 g/mol. The summed E-state index contributed by atoms with van der Waals surface area (Å²) >= 11 is 0. The fourth-order valence-corrected chi connectivity index (χ4v) is 2.38. The fourth-order valence-electron chi connectivity index (χ4n) is 2.38. The number of benzene rings is 1. The second kappa shape index (κ2) is 5.40. The van der Waals surface area contributed by atoms with Crippen molar-refractivity contribution in [3.8, 4) is 0 Å². The summed E-state index contributed by atoms with van der Waals surface area (Å²) in [6, 6.07) is 7.33. The maximum absolute atomic E-state index is 12.4. The van der Waals surface area contributed by atoms with Gasteiger partial charge >= 0.3 is 0 Å². The lowest BCUT2D eigenvalue weighted by Crippen LogP contribution is -2.39. The lowest BCUT2D eigenvalue weighted by Gasteiger charge is -2.29. The molecular formula is C14H18N2O3. The van der Waals surface area contributed by atoms with Crippen LogP contribution in [0.25, 0.3) is 0 Å². The lowest BCUT2D eigenvalue weighted by atomic mass is 9.89. The van der Waals surface area contributed by atoms with Crippen LogP contribution >= 0.6 is 0 Å². The van der Waals surface area contributed by atoms with E-state index in [1.165, 1.54) is 4.90 Å². The summed E-state index contributed by atoms with van der Waals surface area (Å²) in [6.45, 7) is 1.89. The molecule has 2 unspecified atom stereocenters. The van der Waals surface area contributed by atoms with Crippen molar-refractivity contribution in [1.29, 1.82) is 0 Å². The third kappa shape index (κ3) is 2.93. The average Bonchev–Trinajstić information content (AvgIpc) is 2.36. The summed E-state index contributed by atoms with van der Waals surface area (Å²) in [5.74, 6) is -0.751. The minimum absolute atomic E-state index is 0.136. The fraction of sp³-hybridized carbons (Fsp3) is 0.429. The quantitative estimate of drug-likeness (QED) is 0.852. The molecule has 0 bridgehead atoms. The molecule has 0 saturated heterocycles. The normalized spacial score (nSPS) is 19.3. The number of anilines is 1. The van der Waals surface area contributed by atoms with Crippen molar-refractivity contribution in [3.63, 3.8) is 0 Å². The Labute approximate surface area is 112 Å². The maximum Gasteiger partial charge on any atom is 0.230 e. The Kier molecular flexibility index (Phi) is 3.85. The molecule has 1 heterocycles. The van der Waals surface area contributed by atoms with Crippen LogP contribution in [-0.4, -0.2) is 41.5 Å². The number of aliphatic hydroxyl groups excluding tert-OH is 1.